The number of nitrogens with one attached hydrogen (secondary N) is 2. The Balaban J connectivity index is 1.35. The van der Waals surface area contributed by atoms with Crippen molar-refractivity contribution in [3.05, 3.63) is 65.7 Å². The van der Waals surface area contributed by atoms with Gasteiger partial charge in [0.05, 0.1) is 0 Å². The van der Waals surface area contributed by atoms with E-state index in [9.17, 15) is 0 Å². The average Bonchev–Trinajstić information content (AvgIpc) is 2.55. The fraction of sp³-hybridized carbons (Fsp3) is 0.368. The summed E-state index contributed by atoms with van der Waals surface area (Å²) in [7, 11) is 0. The van der Waals surface area contributed by atoms with Crippen LogP contribution in [0.2, 0.25) is 0 Å². The third-order valence-corrected chi connectivity index (χ3v) is 4.19. The van der Waals surface area contributed by atoms with Gasteiger partial charge in [-0.15, -0.1) is 0 Å². The van der Waals surface area contributed by atoms with Crippen LogP contribution in [-0.2, 0) is 12.8 Å². The lowest BCUT2D eigenvalue weighted by atomic mass is 9.98. The second-order valence-corrected chi connectivity index (χ2v) is 5.83. The molecular formula is C19H24N2. The molecule has 2 aromatic carbocycles. The van der Waals surface area contributed by atoms with Crippen LogP contribution >= 0.6 is 0 Å². The molecule has 0 aromatic heterocycles. The highest BCUT2D eigenvalue weighted by Crippen LogP contribution is 2.23. The van der Waals surface area contributed by atoms with Crippen LogP contribution in [0.15, 0.2) is 54.6 Å². The molecule has 0 radical (unpaired) electrons. The number of rotatable bonds is 6. The summed E-state index contributed by atoms with van der Waals surface area (Å²) in [5.41, 5.74) is 4.21. The molecule has 0 saturated carbocycles. The van der Waals surface area contributed by atoms with E-state index < -0.39 is 0 Å². The third kappa shape index (κ3) is 4.08. The van der Waals surface area contributed by atoms with Gasteiger partial charge in [-0.1, -0.05) is 48.5 Å². The van der Waals surface area contributed by atoms with E-state index in [2.05, 4.69) is 65.2 Å². The molecule has 0 fully saturated rings. The summed E-state index contributed by atoms with van der Waals surface area (Å²) in [6.45, 7) is 2.15. The minimum atomic E-state index is 0.566. The summed E-state index contributed by atoms with van der Waals surface area (Å²) in [5.74, 6) is 0. The van der Waals surface area contributed by atoms with E-state index in [4.69, 9.17) is 0 Å². The zero-order chi connectivity index (χ0) is 14.3. The van der Waals surface area contributed by atoms with Crippen LogP contribution in [0.4, 0.5) is 5.69 Å². The summed E-state index contributed by atoms with van der Waals surface area (Å²) < 4.78 is 0. The molecule has 2 N–H and O–H groups in total. The minimum absolute atomic E-state index is 0.566. The van der Waals surface area contributed by atoms with Gasteiger partial charge in [0.1, 0.15) is 0 Å². The van der Waals surface area contributed by atoms with E-state index in [1.807, 2.05) is 0 Å². The lowest BCUT2D eigenvalue weighted by Crippen LogP contribution is -2.36. The maximum atomic E-state index is 3.64. The third-order valence-electron chi connectivity index (χ3n) is 4.19. The predicted molar refractivity (Wildman–Crippen MR) is 89.8 cm³/mol. The Bertz CT molecular complexity index is 551. The van der Waals surface area contributed by atoms with Gasteiger partial charge in [-0.05, 0) is 49.4 Å². The lowest BCUT2D eigenvalue weighted by molar-refractivity contribution is 0.551. The maximum absolute atomic E-state index is 3.64. The lowest BCUT2D eigenvalue weighted by Gasteiger charge is -2.27. The van der Waals surface area contributed by atoms with Crippen LogP contribution < -0.4 is 10.6 Å². The average molecular weight is 280 g/mol. The maximum Gasteiger partial charge on any atom is 0.0389 e. The van der Waals surface area contributed by atoms with E-state index in [0.717, 1.165) is 19.5 Å². The topological polar surface area (TPSA) is 24.1 Å². The van der Waals surface area contributed by atoms with Gasteiger partial charge in [0.2, 0.25) is 0 Å². The SMILES string of the molecule is c1ccc(CCCNC[C@H]2CCc3ccccc3N2)cc1. The summed E-state index contributed by atoms with van der Waals surface area (Å²) in [5, 5.41) is 7.24. The molecule has 110 valence electrons. The smallest absolute Gasteiger partial charge is 0.0389 e. The summed E-state index contributed by atoms with van der Waals surface area (Å²) in [6.07, 6.45) is 4.78. The molecule has 0 amide bonds. The van der Waals surface area contributed by atoms with Gasteiger partial charge in [-0.25, -0.2) is 0 Å². The highest BCUT2D eigenvalue weighted by molar-refractivity contribution is 5.53. The van der Waals surface area contributed by atoms with Gasteiger partial charge in [0.25, 0.3) is 0 Å². The Kier molecular flexibility index (Phi) is 4.90. The standard InChI is InChI=1S/C19H24N2/c1-2-7-16(8-3-1)9-6-14-20-15-18-13-12-17-10-4-5-11-19(17)21-18/h1-5,7-8,10-11,18,20-21H,6,9,12-15H2/t18-/m1/s1. The number of anilines is 1. The van der Waals surface area contributed by atoms with E-state index >= 15 is 0 Å². The Labute approximate surface area is 127 Å². The number of benzene rings is 2. The number of aryl methyl sites for hydroxylation is 2. The fourth-order valence-electron chi connectivity index (χ4n) is 2.99. The number of hydrogen-bond donors (Lipinski definition) is 2. The monoisotopic (exact) mass is 280 g/mol. The quantitative estimate of drug-likeness (QED) is 0.790. The van der Waals surface area contributed by atoms with Gasteiger partial charge < -0.3 is 10.6 Å². The zero-order valence-electron chi connectivity index (χ0n) is 12.5. The van der Waals surface area contributed by atoms with Crippen molar-refractivity contribution in [1.29, 1.82) is 0 Å². The Morgan fingerprint density at radius 1 is 1.00 bits per heavy atom. The number of fused-ring (bicyclic) bond motifs is 1. The van der Waals surface area contributed by atoms with Gasteiger partial charge >= 0.3 is 0 Å². The molecule has 0 aliphatic carbocycles. The molecule has 2 nitrogen and oxygen atoms in total. The van der Waals surface area contributed by atoms with Gasteiger partial charge in [-0.3, -0.25) is 0 Å². The molecule has 1 aliphatic rings. The van der Waals surface area contributed by atoms with Crippen LogP contribution in [0.25, 0.3) is 0 Å². The molecule has 3 rings (SSSR count). The van der Waals surface area contributed by atoms with Crippen LogP contribution in [-0.4, -0.2) is 19.1 Å². The van der Waals surface area contributed by atoms with Crippen molar-refractivity contribution >= 4 is 5.69 Å². The van der Waals surface area contributed by atoms with E-state index in [0.29, 0.717) is 6.04 Å². The molecule has 0 bridgehead atoms. The number of hydrogen-bond acceptors (Lipinski definition) is 2. The molecule has 21 heavy (non-hydrogen) atoms. The van der Waals surface area contributed by atoms with Crippen molar-refractivity contribution < 1.29 is 0 Å². The van der Waals surface area contributed by atoms with Crippen molar-refractivity contribution in [2.24, 2.45) is 0 Å². The highest BCUT2D eigenvalue weighted by atomic mass is 15.0. The molecule has 2 heteroatoms. The van der Waals surface area contributed by atoms with Crippen molar-refractivity contribution in [2.45, 2.75) is 31.7 Å². The van der Waals surface area contributed by atoms with Crippen molar-refractivity contribution in [3.63, 3.8) is 0 Å². The van der Waals surface area contributed by atoms with E-state index in [1.54, 1.807) is 0 Å². The van der Waals surface area contributed by atoms with Crippen LogP contribution in [0.5, 0.6) is 0 Å². The van der Waals surface area contributed by atoms with Gasteiger partial charge in [0.15, 0.2) is 0 Å². The molecule has 0 unspecified atom stereocenters. The Morgan fingerprint density at radius 2 is 1.81 bits per heavy atom. The molecule has 1 atom stereocenters. The second kappa shape index (κ2) is 7.28. The molecule has 1 heterocycles. The molecule has 1 aliphatic heterocycles. The first kappa shape index (κ1) is 14.2. The first-order valence-corrected chi connectivity index (χ1v) is 8.01. The minimum Gasteiger partial charge on any atom is -0.381 e. The zero-order valence-corrected chi connectivity index (χ0v) is 12.5. The summed E-state index contributed by atoms with van der Waals surface area (Å²) in [6, 6.07) is 20.0. The van der Waals surface area contributed by atoms with Crippen molar-refractivity contribution in [1.82, 2.24) is 5.32 Å². The van der Waals surface area contributed by atoms with Crippen LogP contribution in [0, 0.1) is 0 Å². The van der Waals surface area contributed by atoms with Gasteiger partial charge in [0, 0.05) is 18.3 Å². The fourth-order valence-corrected chi connectivity index (χ4v) is 2.99. The second-order valence-electron chi connectivity index (χ2n) is 5.83. The Hall–Kier alpha value is -1.80. The first-order chi connectivity index (χ1) is 10.4. The summed E-state index contributed by atoms with van der Waals surface area (Å²) in [4.78, 5) is 0. The van der Waals surface area contributed by atoms with Crippen LogP contribution in [0.3, 0.4) is 0 Å². The first-order valence-electron chi connectivity index (χ1n) is 8.01. The van der Waals surface area contributed by atoms with Gasteiger partial charge in [-0.2, -0.15) is 0 Å². The normalized spacial score (nSPS) is 17.0. The van der Waals surface area contributed by atoms with Crippen LogP contribution in [0.1, 0.15) is 24.0 Å². The van der Waals surface area contributed by atoms with E-state index in [-0.39, 0.29) is 0 Å². The predicted octanol–water partition coefficient (Wildman–Crippen LogP) is 3.64. The number of para-hydroxylation sites is 1. The molecule has 0 spiro atoms. The molecule has 0 saturated heterocycles. The molecule has 2 aromatic rings. The molecular weight excluding hydrogens is 256 g/mol. The highest BCUT2D eigenvalue weighted by Gasteiger charge is 2.16. The summed E-state index contributed by atoms with van der Waals surface area (Å²) >= 11 is 0. The van der Waals surface area contributed by atoms with E-state index in [1.165, 1.54) is 36.1 Å². The van der Waals surface area contributed by atoms with Crippen molar-refractivity contribution in [3.8, 4) is 0 Å². The Morgan fingerprint density at radius 3 is 2.71 bits per heavy atom. The largest absolute Gasteiger partial charge is 0.381 e. The van der Waals surface area contributed by atoms with Crippen molar-refractivity contribution in [2.75, 3.05) is 18.4 Å².